The summed E-state index contributed by atoms with van der Waals surface area (Å²) in [5.74, 6) is 1.82. The number of anilines is 1. The Labute approximate surface area is 137 Å². The normalized spacial score (nSPS) is 24.9. The summed E-state index contributed by atoms with van der Waals surface area (Å²) in [6.45, 7) is 10.8. The highest BCUT2D eigenvalue weighted by atomic mass is 35.5. The average molecular weight is 329 g/mol. The summed E-state index contributed by atoms with van der Waals surface area (Å²) < 4.78 is 5.19. The zero-order chi connectivity index (χ0) is 15.0. The molecule has 2 atom stereocenters. The van der Waals surface area contributed by atoms with Crippen LogP contribution in [-0.2, 0) is 10.2 Å². The lowest BCUT2D eigenvalue weighted by molar-refractivity contribution is -0.117. The number of hydrogen-bond acceptors (Lipinski definition) is 5. The molecular formula is C15H25ClN4O2. The van der Waals surface area contributed by atoms with Crippen molar-refractivity contribution >= 4 is 24.2 Å². The number of hydrogen-bond donors (Lipinski definition) is 2. The molecule has 0 spiro atoms. The fraction of sp³-hybridized carbons (Fsp3) is 0.733. The van der Waals surface area contributed by atoms with Crippen LogP contribution in [0, 0.1) is 11.8 Å². The Morgan fingerprint density at radius 2 is 2.05 bits per heavy atom. The molecule has 1 aromatic heterocycles. The molecule has 0 radical (unpaired) electrons. The van der Waals surface area contributed by atoms with Crippen LogP contribution in [0.2, 0.25) is 0 Å². The Balaban J connectivity index is 0.00000176. The third-order valence-electron chi connectivity index (χ3n) is 4.37. The van der Waals surface area contributed by atoms with Crippen molar-refractivity contribution in [2.45, 2.75) is 26.2 Å². The fourth-order valence-corrected chi connectivity index (χ4v) is 3.15. The van der Waals surface area contributed by atoms with Gasteiger partial charge in [0, 0.05) is 24.6 Å². The van der Waals surface area contributed by atoms with Gasteiger partial charge in [0.1, 0.15) is 0 Å². The van der Waals surface area contributed by atoms with E-state index in [1.807, 2.05) is 0 Å². The molecule has 2 fully saturated rings. The van der Waals surface area contributed by atoms with Crippen LogP contribution < -0.4 is 10.6 Å². The Kier molecular flexibility index (Phi) is 5.14. The van der Waals surface area contributed by atoms with E-state index in [0.29, 0.717) is 24.3 Å². The molecule has 0 saturated carbocycles. The second-order valence-corrected chi connectivity index (χ2v) is 7.25. The standard InChI is InChI=1S/C15H24N4O2.ClH/c1-15(2,3)12-4-14(21-18-12)17-13(20)9-19-7-10-5-16-6-11(10)8-19;/h4,10-11,16H,5-9H2,1-3H3,(H,17,20);1H/t10-,11+;. The quantitative estimate of drug-likeness (QED) is 0.879. The van der Waals surface area contributed by atoms with E-state index in [9.17, 15) is 4.79 Å². The minimum absolute atomic E-state index is 0. The number of rotatable bonds is 3. The summed E-state index contributed by atoms with van der Waals surface area (Å²) in [5.41, 5.74) is 0.769. The van der Waals surface area contributed by atoms with Gasteiger partial charge in [-0.05, 0) is 24.9 Å². The van der Waals surface area contributed by atoms with Crippen LogP contribution in [-0.4, -0.2) is 48.7 Å². The molecule has 3 rings (SSSR count). The van der Waals surface area contributed by atoms with Gasteiger partial charge in [-0.3, -0.25) is 15.0 Å². The predicted molar refractivity (Wildman–Crippen MR) is 87.4 cm³/mol. The number of halogens is 1. The Morgan fingerprint density at radius 1 is 1.41 bits per heavy atom. The van der Waals surface area contributed by atoms with Gasteiger partial charge in [-0.25, -0.2) is 0 Å². The molecule has 1 amide bonds. The van der Waals surface area contributed by atoms with Crippen molar-refractivity contribution in [2.75, 3.05) is 38.0 Å². The van der Waals surface area contributed by atoms with Crippen LogP contribution in [0.25, 0.3) is 0 Å². The van der Waals surface area contributed by atoms with E-state index in [-0.39, 0.29) is 23.7 Å². The molecule has 6 nitrogen and oxygen atoms in total. The molecule has 2 aliphatic heterocycles. The number of nitrogens with zero attached hydrogens (tertiary/aromatic N) is 2. The van der Waals surface area contributed by atoms with E-state index >= 15 is 0 Å². The lowest BCUT2D eigenvalue weighted by Crippen LogP contribution is -2.33. The van der Waals surface area contributed by atoms with Crippen molar-refractivity contribution in [3.8, 4) is 0 Å². The van der Waals surface area contributed by atoms with Crippen LogP contribution in [0.3, 0.4) is 0 Å². The number of fused-ring (bicyclic) bond motifs is 1. The first kappa shape index (κ1) is 17.2. The maximum atomic E-state index is 12.1. The number of carbonyl (C=O) groups is 1. The molecule has 2 N–H and O–H groups in total. The first-order valence-electron chi connectivity index (χ1n) is 7.62. The number of amides is 1. The van der Waals surface area contributed by atoms with Crippen molar-refractivity contribution in [1.82, 2.24) is 15.4 Å². The Hall–Kier alpha value is -1.11. The highest BCUT2D eigenvalue weighted by Crippen LogP contribution is 2.26. The van der Waals surface area contributed by atoms with Gasteiger partial charge in [0.25, 0.3) is 0 Å². The second-order valence-electron chi connectivity index (χ2n) is 7.25. The van der Waals surface area contributed by atoms with Crippen molar-refractivity contribution in [2.24, 2.45) is 11.8 Å². The third-order valence-corrected chi connectivity index (χ3v) is 4.37. The summed E-state index contributed by atoms with van der Waals surface area (Å²) in [7, 11) is 0. The number of aromatic nitrogens is 1. The van der Waals surface area contributed by atoms with E-state index in [1.165, 1.54) is 0 Å². The van der Waals surface area contributed by atoms with Crippen LogP contribution in [0.5, 0.6) is 0 Å². The summed E-state index contributed by atoms with van der Waals surface area (Å²) in [4.78, 5) is 14.3. The minimum atomic E-state index is -0.0775. The lowest BCUT2D eigenvalue weighted by atomic mass is 9.92. The first-order valence-corrected chi connectivity index (χ1v) is 7.62. The molecule has 0 bridgehead atoms. The average Bonchev–Trinajstić information content (AvgIpc) is 3.02. The van der Waals surface area contributed by atoms with E-state index < -0.39 is 0 Å². The molecule has 124 valence electrons. The van der Waals surface area contributed by atoms with Crippen LogP contribution in [0.15, 0.2) is 10.6 Å². The van der Waals surface area contributed by atoms with Gasteiger partial charge < -0.3 is 9.84 Å². The number of likely N-dealkylation sites (tertiary alicyclic amines) is 1. The maximum Gasteiger partial charge on any atom is 0.240 e. The smallest absolute Gasteiger partial charge is 0.240 e. The van der Waals surface area contributed by atoms with E-state index in [1.54, 1.807) is 6.07 Å². The van der Waals surface area contributed by atoms with Crippen molar-refractivity contribution < 1.29 is 9.32 Å². The van der Waals surface area contributed by atoms with Gasteiger partial charge in [-0.15, -0.1) is 12.4 Å². The zero-order valence-electron chi connectivity index (χ0n) is 13.4. The van der Waals surface area contributed by atoms with Crippen LogP contribution >= 0.6 is 12.4 Å². The first-order chi connectivity index (χ1) is 9.91. The summed E-state index contributed by atoms with van der Waals surface area (Å²) in [6, 6.07) is 1.81. The molecule has 1 aromatic rings. The number of nitrogens with one attached hydrogen (secondary N) is 2. The van der Waals surface area contributed by atoms with Crippen molar-refractivity contribution in [3.63, 3.8) is 0 Å². The second kappa shape index (κ2) is 6.56. The molecule has 0 aromatic carbocycles. The van der Waals surface area contributed by atoms with Gasteiger partial charge in [-0.1, -0.05) is 25.9 Å². The highest BCUT2D eigenvalue weighted by Gasteiger charge is 2.36. The molecule has 7 heteroatoms. The number of carbonyl (C=O) groups excluding carboxylic acids is 1. The SMILES string of the molecule is CC(C)(C)c1cc(NC(=O)CN2C[C@H]3CNC[C@H]3C2)on1.Cl. The molecule has 2 aliphatic rings. The summed E-state index contributed by atoms with van der Waals surface area (Å²) in [6.07, 6.45) is 0. The maximum absolute atomic E-state index is 12.1. The molecule has 2 saturated heterocycles. The monoisotopic (exact) mass is 328 g/mol. The zero-order valence-corrected chi connectivity index (χ0v) is 14.2. The summed E-state index contributed by atoms with van der Waals surface area (Å²) >= 11 is 0. The predicted octanol–water partition coefficient (Wildman–Crippen LogP) is 1.48. The van der Waals surface area contributed by atoms with Gasteiger partial charge in [-0.2, -0.15) is 0 Å². The van der Waals surface area contributed by atoms with Crippen molar-refractivity contribution in [3.05, 3.63) is 11.8 Å². The highest BCUT2D eigenvalue weighted by molar-refractivity contribution is 5.91. The summed E-state index contributed by atoms with van der Waals surface area (Å²) in [5, 5.41) is 10.2. The van der Waals surface area contributed by atoms with E-state index in [0.717, 1.165) is 31.9 Å². The molecule has 3 heterocycles. The van der Waals surface area contributed by atoms with Gasteiger partial charge in [0.2, 0.25) is 11.8 Å². The van der Waals surface area contributed by atoms with E-state index in [4.69, 9.17) is 4.52 Å². The fourth-order valence-electron chi connectivity index (χ4n) is 3.15. The Bertz CT molecular complexity index is 514. The van der Waals surface area contributed by atoms with Crippen molar-refractivity contribution in [1.29, 1.82) is 0 Å². The van der Waals surface area contributed by atoms with Crippen LogP contribution in [0.4, 0.5) is 5.88 Å². The van der Waals surface area contributed by atoms with Gasteiger partial charge in [0.05, 0.1) is 12.2 Å². The van der Waals surface area contributed by atoms with Gasteiger partial charge >= 0.3 is 0 Å². The molecule has 0 unspecified atom stereocenters. The van der Waals surface area contributed by atoms with E-state index in [2.05, 4.69) is 41.5 Å². The lowest BCUT2D eigenvalue weighted by Gasteiger charge is -2.15. The molecule has 0 aliphatic carbocycles. The molecular weight excluding hydrogens is 304 g/mol. The Morgan fingerprint density at radius 3 is 2.59 bits per heavy atom. The van der Waals surface area contributed by atoms with Gasteiger partial charge in [0.15, 0.2) is 0 Å². The third kappa shape index (κ3) is 3.80. The largest absolute Gasteiger partial charge is 0.338 e. The van der Waals surface area contributed by atoms with Crippen LogP contribution in [0.1, 0.15) is 26.5 Å². The topological polar surface area (TPSA) is 70.4 Å². The minimum Gasteiger partial charge on any atom is -0.338 e. The molecule has 22 heavy (non-hydrogen) atoms.